The number of carbonyl (C=O) groups excluding carboxylic acids is 1. The lowest BCUT2D eigenvalue weighted by atomic mass is 9.99. The lowest BCUT2D eigenvalue weighted by Gasteiger charge is -2.08. The first-order valence-corrected chi connectivity index (χ1v) is 5.82. The van der Waals surface area contributed by atoms with Gasteiger partial charge in [0.1, 0.15) is 0 Å². The Morgan fingerprint density at radius 2 is 2.12 bits per heavy atom. The van der Waals surface area contributed by atoms with E-state index in [9.17, 15) is 4.79 Å². The molecule has 0 N–H and O–H groups in total. The minimum atomic E-state index is -0.176. The van der Waals surface area contributed by atoms with E-state index in [1.54, 1.807) is 0 Å². The molecule has 0 saturated carbocycles. The van der Waals surface area contributed by atoms with Crippen molar-refractivity contribution in [1.82, 2.24) is 0 Å². The molecule has 2 heteroatoms. The summed E-state index contributed by atoms with van der Waals surface area (Å²) in [5.74, 6) is -0.176. The molecule has 0 radical (unpaired) electrons. The maximum Gasteiger partial charge on any atom is 0.309 e. The van der Waals surface area contributed by atoms with Gasteiger partial charge < -0.3 is 4.74 Å². The molecular weight excluding hydrogens is 200 g/mol. The maximum absolute atomic E-state index is 11.2. The molecule has 0 aliphatic heterocycles. The number of methoxy groups -OCH3 is 1. The second kappa shape index (κ2) is 6.31. The minimum Gasteiger partial charge on any atom is -0.469 e. The smallest absolute Gasteiger partial charge is 0.309 e. The summed E-state index contributed by atoms with van der Waals surface area (Å²) in [6.45, 7) is 4.31. The Kier molecular flexibility index (Phi) is 5.03. The van der Waals surface area contributed by atoms with Crippen molar-refractivity contribution < 1.29 is 9.53 Å². The summed E-state index contributed by atoms with van der Waals surface area (Å²) in [5, 5.41) is 0. The van der Waals surface area contributed by atoms with Gasteiger partial charge in [-0.3, -0.25) is 4.79 Å². The lowest BCUT2D eigenvalue weighted by Crippen LogP contribution is -2.05. The highest BCUT2D eigenvalue weighted by molar-refractivity contribution is 5.72. The van der Waals surface area contributed by atoms with Gasteiger partial charge in [0.15, 0.2) is 0 Å². The van der Waals surface area contributed by atoms with Crippen molar-refractivity contribution in [3.63, 3.8) is 0 Å². The first-order chi connectivity index (χ1) is 7.67. The van der Waals surface area contributed by atoms with Crippen molar-refractivity contribution in [2.75, 3.05) is 7.11 Å². The number of unbranched alkanes of at least 4 members (excludes halogenated alkanes) is 1. The Morgan fingerprint density at radius 1 is 1.38 bits per heavy atom. The molecule has 0 unspecified atom stereocenters. The van der Waals surface area contributed by atoms with Crippen LogP contribution in [-0.2, 0) is 22.4 Å². The zero-order chi connectivity index (χ0) is 12.0. The molecule has 1 aromatic carbocycles. The van der Waals surface area contributed by atoms with Crippen LogP contribution in [-0.4, -0.2) is 13.1 Å². The van der Waals surface area contributed by atoms with Crippen LogP contribution >= 0.6 is 0 Å². The van der Waals surface area contributed by atoms with Gasteiger partial charge in [-0.05, 0) is 36.5 Å². The second-order valence-electron chi connectivity index (χ2n) is 4.12. The normalized spacial score (nSPS) is 10.2. The molecule has 16 heavy (non-hydrogen) atoms. The standard InChI is InChI=1S/C14H20O2/c1-4-5-6-13-9-12(8-7-11(13)2)10-14(15)16-3/h7-9H,4-6,10H2,1-3H3. The summed E-state index contributed by atoms with van der Waals surface area (Å²) in [4.78, 5) is 11.2. The summed E-state index contributed by atoms with van der Waals surface area (Å²) < 4.78 is 4.67. The van der Waals surface area contributed by atoms with E-state index in [1.807, 2.05) is 6.07 Å². The van der Waals surface area contributed by atoms with Crippen LogP contribution < -0.4 is 0 Å². The first-order valence-electron chi connectivity index (χ1n) is 5.82. The number of rotatable bonds is 5. The number of carbonyl (C=O) groups is 1. The topological polar surface area (TPSA) is 26.3 Å². The Labute approximate surface area is 97.6 Å². The number of hydrogen-bond acceptors (Lipinski definition) is 2. The number of hydrogen-bond donors (Lipinski definition) is 0. The lowest BCUT2D eigenvalue weighted by molar-refractivity contribution is -0.139. The fourth-order valence-electron chi connectivity index (χ4n) is 1.71. The van der Waals surface area contributed by atoms with Crippen LogP contribution in [0.15, 0.2) is 18.2 Å². The van der Waals surface area contributed by atoms with E-state index in [0.717, 1.165) is 12.0 Å². The zero-order valence-electron chi connectivity index (χ0n) is 10.4. The highest BCUT2D eigenvalue weighted by Gasteiger charge is 2.05. The third-order valence-corrected chi connectivity index (χ3v) is 2.79. The molecule has 0 amide bonds. The average molecular weight is 220 g/mol. The Balaban J connectivity index is 2.76. The molecule has 0 fully saturated rings. The van der Waals surface area contributed by atoms with E-state index < -0.39 is 0 Å². The molecule has 0 atom stereocenters. The molecule has 0 aromatic heterocycles. The molecule has 0 saturated heterocycles. The highest BCUT2D eigenvalue weighted by Crippen LogP contribution is 2.14. The molecule has 1 aromatic rings. The van der Waals surface area contributed by atoms with E-state index >= 15 is 0 Å². The number of esters is 1. The number of benzene rings is 1. The third kappa shape index (κ3) is 3.69. The Bertz CT molecular complexity index is 356. The van der Waals surface area contributed by atoms with E-state index in [1.165, 1.54) is 31.1 Å². The van der Waals surface area contributed by atoms with Crippen LogP contribution in [0, 0.1) is 6.92 Å². The van der Waals surface area contributed by atoms with Gasteiger partial charge in [0.2, 0.25) is 0 Å². The third-order valence-electron chi connectivity index (χ3n) is 2.79. The molecule has 0 bridgehead atoms. The Hall–Kier alpha value is -1.31. The highest BCUT2D eigenvalue weighted by atomic mass is 16.5. The summed E-state index contributed by atoms with van der Waals surface area (Å²) in [6.07, 6.45) is 3.86. The molecule has 88 valence electrons. The van der Waals surface area contributed by atoms with Gasteiger partial charge in [0.05, 0.1) is 13.5 Å². The van der Waals surface area contributed by atoms with Gasteiger partial charge in [-0.2, -0.15) is 0 Å². The van der Waals surface area contributed by atoms with Crippen molar-refractivity contribution in [3.05, 3.63) is 34.9 Å². The van der Waals surface area contributed by atoms with E-state index in [-0.39, 0.29) is 5.97 Å². The van der Waals surface area contributed by atoms with E-state index in [2.05, 4.69) is 30.7 Å². The molecule has 2 nitrogen and oxygen atoms in total. The minimum absolute atomic E-state index is 0.176. The monoisotopic (exact) mass is 220 g/mol. The van der Waals surface area contributed by atoms with Gasteiger partial charge in [-0.25, -0.2) is 0 Å². The van der Waals surface area contributed by atoms with Crippen LogP contribution in [0.4, 0.5) is 0 Å². The van der Waals surface area contributed by atoms with Gasteiger partial charge in [0.25, 0.3) is 0 Å². The summed E-state index contributed by atoms with van der Waals surface area (Å²) in [7, 11) is 1.43. The largest absolute Gasteiger partial charge is 0.469 e. The number of ether oxygens (including phenoxy) is 1. The van der Waals surface area contributed by atoms with Gasteiger partial charge in [-0.15, -0.1) is 0 Å². The number of aryl methyl sites for hydroxylation is 2. The molecule has 0 aliphatic carbocycles. The van der Waals surface area contributed by atoms with Crippen molar-refractivity contribution in [2.45, 2.75) is 39.5 Å². The van der Waals surface area contributed by atoms with Crippen LogP contribution in [0.25, 0.3) is 0 Å². The van der Waals surface area contributed by atoms with E-state index in [0.29, 0.717) is 6.42 Å². The predicted octanol–water partition coefficient (Wildman–Crippen LogP) is 3.05. The second-order valence-corrected chi connectivity index (χ2v) is 4.12. The quantitative estimate of drug-likeness (QED) is 0.713. The Morgan fingerprint density at radius 3 is 2.75 bits per heavy atom. The van der Waals surface area contributed by atoms with Crippen LogP contribution in [0.2, 0.25) is 0 Å². The summed E-state index contributed by atoms with van der Waals surface area (Å²) >= 11 is 0. The van der Waals surface area contributed by atoms with Gasteiger partial charge >= 0.3 is 5.97 Å². The summed E-state index contributed by atoms with van der Waals surface area (Å²) in [5.41, 5.74) is 3.70. The van der Waals surface area contributed by atoms with Crippen LogP contribution in [0.5, 0.6) is 0 Å². The fourth-order valence-corrected chi connectivity index (χ4v) is 1.71. The van der Waals surface area contributed by atoms with Crippen molar-refractivity contribution in [3.8, 4) is 0 Å². The van der Waals surface area contributed by atoms with Gasteiger partial charge in [-0.1, -0.05) is 31.5 Å². The van der Waals surface area contributed by atoms with E-state index in [4.69, 9.17) is 0 Å². The molecule has 1 rings (SSSR count). The SMILES string of the molecule is CCCCc1cc(CC(=O)OC)ccc1C. The van der Waals surface area contributed by atoms with Gasteiger partial charge in [0, 0.05) is 0 Å². The molecule has 0 aliphatic rings. The molecule has 0 heterocycles. The fraction of sp³-hybridized carbons (Fsp3) is 0.500. The first kappa shape index (κ1) is 12.8. The predicted molar refractivity (Wildman–Crippen MR) is 65.5 cm³/mol. The maximum atomic E-state index is 11.2. The summed E-state index contributed by atoms with van der Waals surface area (Å²) in [6, 6.07) is 6.22. The van der Waals surface area contributed by atoms with Crippen molar-refractivity contribution >= 4 is 5.97 Å². The molecule has 0 spiro atoms. The zero-order valence-corrected chi connectivity index (χ0v) is 10.4. The average Bonchev–Trinajstić information content (AvgIpc) is 2.29. The van der Waals surface area contributed by atoms with Crippen LogP contribution in [0.3, 0.4) is 0 Å². The van der Waals surface area contributed by atoms with Crippen LogP contribution in [0.1, 0.15) is 36.5 Å². The van der Waals surface area contributed by atoms with Crippen molar-refractivity contribution in [2.24, 2.45) is 0 Å². The molecular formula is C14H20O2. The van der Waals surface area contributed by atoms with Crippen molar-refractivity contribution in [1.29, 1.82) is 0 Å².